The second-order valence-electron chi connectivity index (χ2n) is 2.48. The summed E-state index contributed by atoms with van der Waals surface area (Å²) in [6.45, 7) is 0. The van der Waals surface area contributed by atoms with Gasteiger partial charge in [0.25, 0.3) is 5.89 Å². The monoisotopic (exact) mass is 239 g/mol. The molecule has 0 amide bonds. The SMILES string of the molecule is Nc1cc(Br)ccc1-c1ncno1. The minimum absolute atomic E-state index is 0.435. The molecule has 5 heteroatoms. The Labute approximate surface area is 82.9 Å². The van der Waals surface area contributed by atoms with E-state index in [1.165, 1.54) is 6.33 Å². The third-order valence-corrected chi connectivity index (χ3v) is 2.10. The highest BCUT2D eigenvalue weighted by Crippen LogP contribution is 2.26. The number of rotatable bonds is 1. The topological polar surface area (TPSA) is 64.9 Å². The average Bonchev–Trinajstić information content (AvgIpc) is 2.56. The van der Waals surface area contributed by atoms with Crippen LogP contribution in [0.2, 0.25) is 0 Å². The number of hydrogen-bond acceptors (Lipinski definition) is 4. The largest absolute Gasteiger partial charge is 0.398 e. The van der Waals surface area contributed by atoms with Crippen LogP contribution in [-0.2, 0) is 0 Å². The van der Waals surface area contributed by atoms with Crippen LogP contribution in [0.25, 0.3) is 11.5 Å². The summed E-state index contributed by atoms with van der Waals surface area (Å²) in [4.78, 5) is 3.90. The number of nitrogens with zero attached hydrogens (tertiary/aromatic N) is 2. The summed E-state index contributed by atoms with van der Waals surface area (Å²) in [5, 5.41) is 3.51. The van der Waals surface area contributed by atoms with E-state index in [9.17, 15) is 0 Å². The molecule has 1 aromatic heterocycles. The zero-order chi connectivity index (χ0) is 9.26. The van der Waals surface area contributed by atoms with Crippen LogP contribution >= 0.6 is 15.9 Å². The van der Waals surface area contributed by atoms with Crippen LogP contribution in [-0.4, -0.2) is 10.1 Å². The summed E-state index contributed by atoms with van der Waals surface area (Å²) in [7, 11) is 0. The summed E-state index contributed by atoms with van der Waals surface area (Å²) < 4.78 is 5.81. The Morgan fingerprint density at radius 1 is 1.38 bits per heavy atom. The zero-order valence-electron chi connectivity index (χ0n) is 6.57. The molecule has 1 heterocycles. The quantitative estimate of drug-likeness (QED) is 0.775. The molecule has 0 aliphatic carbocycles. The first kappa shape index (κ1) is 8.25. The Hall–Kier alpha value is -1.36. The van der Waals surface area contributed by atoms with Gasteiger partial charge in [-0.05, 0) is 18.2 Å². The molecule has 0 radical (unpaired) electrons. The van der Waals surface area contributed by atoms with Crippen molar-refractivity contribution in [1.29, 1.82) is 0 Å². The third-order valence-electron chi connectivity index (χ3n) is 1.61. The minimum atomic E-state index is 0.435. The molecule has 0 bridgehead atoms. The lowest BCUT2D eigenvalue weighted by atomic mass is 10.2. The van der Waals surface area contributed by atoms with Crippen LogP contribution in [0.3, 0.4) is 0 Å². The van der Waals surface area contributed by atoms with Gasteiger partial charge in [0, 0.05) is 10.2 Å². The highest BCUT2D eigenvalue weighted by atomic mass is 79.9. The van der Waals surface area contributed by atoms with Crippen molar-refractivity contribution >= 4 is 21.6 Å². The first-order chi connectivity index (χ1) is 6.27. The Morgan fingerprint density at radius 3 is 2.85 bits per heavy atom. The molecule has 0 fully saturated rings. The number of anilines is 1. The molecule has 1 aromatic carbocycles. The highest BCUT2D eigenvalue weighted by Gasteiger charge is 2.07. The van der Waals surface area contributed by atoms with Gasteiger partial charge >= 0.3 is 0 Å². The number of halogens is 1. The Morgan fingerprint density at radius 2 is 2.23 bits per heavy atom. The molecule has 0 unspecified atom stereocenters. The predicted molar refractivity (Wildman–Crippen MR) is 51.8 cm³/mol. The fourth-order valence-electron chi connectivity index (χ4n) is 1.02. The van der Waals surface area contributed by atoms with Crippen molar-refractivity contribution in [1.82, 2.24) is 10.1 Å². The van der Waals surface area contributed by atoms with Gasteiger partial charge in [-0.25, -0.2) is 0 Å². The second kappa shape index (κ2) is 3.18. The Kier molecular flexibility index (Phi) is 2.02. The van der Waals surface area contributed by atoms with Gasteiger partial charge in [-0.15, -0.1) is 0 Å². The molecule has 4 nitrogen and oxygen atoms in total. The Balaban J connectivity index is 2.53. The molecule has 2 N–H and O–H groups in total. The van der Waals surface area contributed by atoms with E-state index in [2.05, 4.69) is 26.1 Å². The molecular formula is C8H6BrN3O. The van der Waals surface area contributed by atoms with Crippen LogP contribution in [0.15, 0.2) is 33.5 Å². The van der Waals surface area contributed by atoms with E-state index in [0.29, 0.717) is 11.6 Å². The maximum atomic E-state index is 5.75. The number of aromatic nitrogens is 2. The van der Waals surface area contributed by atoms with E-state index in [4.69, 9.17) is 10.3 Å². The maximum absolute atomic E-state index is 5.75. The van der Waals surface area contributed by atoms with E-state index in [0.717, 1.165) is 10.0 Å². The Bertz CT molecular complexity index is 413. The zero-order valence-corrected chi connectivity index (χ0v) is 8.15. The standard InChI is InChI=1S/C8H6BrN3O/c9-5-1-2-6(7(10)3-5)8-11-4-12-13-8/h1-4H,10H2. The maximum Gasteiger partial charge on any atom is 0.259 e. The molecule has 0 saturated heterocycles. The van der Waals surface area contributed by atoms with Crippen LogP contribution in [0, 0.1) is 0 Å². The number of hydrogen-bond donors (Lipinski definition) is 1. The van der Waals surface area contributed by atoms with Crippen molar-refractivity contribution in [2.45, 2.75) is 0 Å². The van der Waals surface area contributed by atoms with Gasteiger partial charge in [0.1, 0.15) is 0 Å². The smallest absolute Gasteiger partial charge is 0.259 e. The van der Waals surface area contributed by atoms with E-state index in [1.807, 2.05) is 12.1 Å². The number of benzene rings is 1. The van der Waals surface area contributed by atoms with Crippen molar-refractivity contribution in [2.75, 3.05) is 5.73 Å². The van der Waals surface area contributed by atoms with E-state index >= 15 is 0 Å². The first-order valence-electron chi connectivity index (χ1n) is 3.59. The summed E-state index contributed by atoms with van der Waals surface area (Å²) in [6.07, 6.45) is 1.34. The van der Waals surface area contributed by atoms with Crippen LogP contribution < -0.4 is 5.73 Å². The van der Waals surface area contributed by atoms with Gasteiger partial charge in [-0.1, -0.05) is 21.1 Å². The van der Waals surface area contributed by atoms with Gasteiger partial charge in [-0.2, -0.15) is 4.98 Å². The van der Waals surface area contributed by atoms with Crippen molar-refractivity contribution in [3.63, 3.8) is 0 Å². The first-order valence-corrected chi connectivity index (χ1v) is 4.39. The van der Waals surface area contributed by atoms with Crippen LogP contribution in [0.1, 0.15) is 0 Å². The molecule has 0 aliphatic rings. The van der Waals surface area contributed by atoms with Crippen molar-refractivity contribution in [3.8, 4) is 11.5 Å². The molecule has 0 aliphatic heterocycles. The van der Waals surface area contributed by atoms with Crippen molar-refractivity contribution in [3.05, 3.63) is 29.0 Å². The average molecular weight is 240 g/mol. The van der Waals surface area contributed by atoms with Gasteiger partial charge in [0.2, 0.25) is 0 Å². The third kappa shape index (κ3) is 1.55. The molecule has 66 valence electrons. The fraction of sp³-hybridized carbons (Fsp3) is 0. The number of nitrogen functional groups attached to an aromatic ring is 1. The van der Waals surface area contributed by atoms with Gasteiger partial charge in [0.15, 0.2) is 6.33 Å². The van der Waals surface area contributed by atoms with Crippen LogP contribution in [0.5, 0.6) is 0 Å². The molecular weight excluding hydrogens is 234 g/mol. The lowest BCUT2D eigenvalue weighted by Gasteiger charge is -1.99. The van der Waals surface area contributed by atoms with E-state index in [-0.39, 0.29) is 0 Å². The molecule has 0 atom stereocenters. The van der Waals surface area contributed by atoms with Gasteiger partial charge in [0.05, 0.1) is 5.56 Å². The van der Waals surface area contributed by atoms with Gasteiger partial charge in [-0.3, -0.25) is 0 Å². The fourth-order valence-corrected chi connectivity index (χ4v) is 1.40. The summed E-state index contributed by atoms with van der Waals surface area (Å²) in [5.74, 6) is 0.435. The van der Waals surface area contributed by atoms with Crippen molar-refractivity contribution in [2.24, 2.45) is 0 Å². The lowest BCUT2D eigenvalue weighted by molar-refractivity contribution is 0.430. The van der Waals surface area contributed by atoms with E-state index in [1.54, 1.807) is 6.07 Å². The predicted octanol–water partition coefficient (Wildman–Crippen LogP) is 2.08. The molecule has 2 rings (SSSR count). The van der Waals surface area contributed by atoms with Crippen molar-refractivity contribution < 1.29 is 4.52 Å². The molecule has 0 spiro atoms. The molecule has 0 saturated carbocycles. The second-order valence-corrected chi connectivity index (χ2v) is 3.39. The highest BCUT2D eigenvalue weighted by molar-refractivity contribution is 9.10. The normalized spacial score (nSPS) is 10.2. The number of nitrogens with two attached hydrogens (primary N) is 1. The summed E-state index contributed by atoms with van der Waals surface area (Å²) in [6, 6.07) is 5.49. The van der Waals surface area contributed by atoms with Gasteiger partial charge < -0.3 is 10.3 Å². The molecule has 13 heavy (non-hydrogen) atoms. The van der Waals surface area contributed by atoms with E-state index < -0.39 is 0 Å². The summed E-state index contributed by atoms with van der Waals surface area (Å²) >= 11 is 3.31. The molecule has 2 aromatic rings. The van der Waals surface area contributed by atoms with Crippen LogP contribution in [0.4, 0.5) is 5.69 Å². The lowest BCUT2D eigenvalue weighted by Crippen LogP contribution is -1.89. The minimum Gasteiger partial charge on any atom is -0.398 e. The summed E-state index contributed by atoms with van der Waals surface area (Å²) in [5.41, 5.74) is 7.12.